The Morgan fingerprint density at radius 3 is 2.51 bits per heavy atom. The van der Waals surface area contributed by atoms with Crippen LogP contribution in [0.5, 0.6) is 5.75 Å². The maximum absolute atomic E-state index is 13.7. The number of unbranched alkanes of at least 4 members (excludes halogenated alkanes) is 1. The molecule has 11 rings (SSSR count). The number of thiazole rings is 1. The van der Waals surface area contributed by atoms with Crippen LogP contribution in [0.15, 0.2) is 91.0 Å². The van der Waals surface area contributed by atoms with E-state index in [1.807, 2.05) is 85.4 Å². The third-order valence-corrected chi connectivity index (χ3v) is 17.1. The first-order chi connectivity index (χ1) is 36.3. The molecule has 7 aromatic rings. The van der Waals surface area contributed by atoms with Crippen molar-refractivity contribution in [2.24, 2.45) is 13.0 Å². The number of aryl methyl sites for hydroxylation is 1. The van der Waals surface area contributed by atoms with E-state index in [0.717, 1.165) is 112 Å². The Morgan fingerprint density at radius 2 is 1.71 bits per heavy atom. The molecule has 0 radical (unpaired) electrons. The molecule has 1 unspecified atom stereocenters. The summed E-state index contributed by atoms with van der Waals surface area (Å²) in [5, 5.41) is 22.3. The highest BCUT2D eigenvalue weighted by Gasteiger charge is 2.36. The second kappa shape index (κ2) is 20.9. The average molecular weight is 1030 g/mol. The number of aromatic nitrogens is 4. The van der Waals surface area contributed by atoms with Crippen LogP contribution in [0.3, 0.4) is 0 Å². The maximum Gasteiger partial charge on any atom is 0.355 e. The lowest BCUT2D eigenvalue weighted by Crippen LogP contribution is -2.59. The molecule has 16 heteroatoms. The van der Waals surface area contributed by atoms with Gasteiger partial charge in [0.25, 0.3) is 5.91 Å². The number of imide groups is 1. The van der Waals surface area contributed by atoms with Gasteiger partial charge in [0.1, 0.15) is 11.6 Å². The molecule has 3 aliphatic heterocycles. The van der Waals surface area contributed by atoms with Crippen LogP contribution in [0.25, 0.3) is 32.2 Å². The van der Waals surface area contributed by atoms with Gasteiger partial charge in [0.15, 0.2) is 10.8 Å². The molecule has 3 amide bonds. The lowest BCUT2D eigenvalue weighted by atomic mass is 9.84. The standard InChI is InChI=1S/C59H65N9O6S/c1-36-41(42-24-26-51(61-54(42)57(72)73)67-30-28-38-12-9-14-43(46(38)34-67)55(70)63-58-60-47-15-5-6-17-50(47)75-58)13-10-16-49(36)74-40-21-18-37(19-22-40)11-7-8-29-66-31-32-68(59(2,3)35-66)39-20-23-44-48(33-39)65(4)64-53(44)45-25-27-52(69)62-56(45)71/h5-6,9-10,12-17,20,23-24,26,33,37,40,45H,7-8,11,18-19,21-22,25,27-32,34-35H2,1-4H3,(H,72,73)(H,60,63,70)(H,62,69,71)/t37-,40-,45?. The molecule has 388 valence electrons. The number of para-hydroxylation sites is 1. The van der Waals surface area contributed by atoms with Crippen LogP contribution in [0.4, 0.5) is 16.6 Å². The van der Waals surface area contributed by atoms with Gasteiger partial charge in [0.05, 0.1) is 33.4 Å². The number of carboxylic acid groups (broad SMARTS) is 1. The molecule has 2 saturated heterocycles. The van der Waals surface area contributed by atoms with Gasteiger partial charge in [-0.2, -0.15) is 5.10 Å². The quantitative estimate of drug-likeness (QED) is 0.0696. The summed E-state index contributed by atoms with van der Waals surface area (Å²) in [6, 6.07) is 29.7. The summed E-state index contributed by atoms with van der Waals surface area (Å²) < 4.78 is 9.57. The number of carboxylic acids is 1. The first kappa shape index (κ1) is 50.0. The Balaban J connectivity index is 0.660. The monoisotopic (exact) mass is 1030 g/mol. The molecule has 1 saturated carbocycles. The highest BCUT2D eigenvalue weighted by Crippen LogP contribution is 2.39. The fourth-order valence-electron chi connectivity index (χ4n) is 12.2. The summed E-state index contributed by atoms with van der Waals surface area (Å²) >= 11 is 1.44. The number of piperazine rings is 1. The van der Waals surface area contributed by atoms with Crippen molar-refractivity contribution >= 4 is 72.8 Å². The zero-order valence-corrected chi connectivity index (χ0v) is 44.0. The van der Waals surface area contributed by atoms with Crippen LogP contribution in [0.2, 0.25) is 0 Å². The smallest absolute Gasteiger partial charge is 0.355 e. The van der Waals surface area contributed by atoms with Gasteiger partial charge in [-0.3, -0.25) is 34.6 Å². The first-order valence-electron chi connectivity index (χ1n) is 26.6. The summed E-state index contributed by atoms with van der Waals surface area (Å²) in [4.78, 5) is 67.6. The predicted molar refractivity (Wildman–Crippen MR) is 294 cm³/mol. The van der Waals surface area contributed by atoms with Gasteiger partial charge >= 0.3 is 5.97 Å². The summed E-state index contributed by atoms with van der Waals surface area (Å²) in [6.07, 6.45) is 9.47. The normalized spacial score (nSPS) is 20.0. The molecule has 0 bridgehead atoms. The second-order valence-corrected chi connectivity index (χ2v) is 22.6. The molecule has 6 heterocycles. The van der Waals surface area contributed by atoms with E-state index >= 15 is 0 Å². The van der Waals surface area contributed by atoms with Crippen molar-refractivity contribution in [3.8, 4) is 16.9 Å². The van der Waals surface area contributed by atoms with Crippen molar-refractivity contribution in [1.29, 1.82) is 0 Å². The predicted octanol–water partition coefficient (Wildman–Crippen LogP) is 10.3. The number of anilines is 3. The van der Waals surface area contributed by atoms with Gasteiger partial charge in [0, 0.05) is 73.9 Å². The highest BCUT2D eigenvalue weighted by atomic mass is 32.1. The van der Waals surface area contributed by atoms with E-state index in [2.05, 4.69) is 68.4 Å². The lowest BCUT2D eigenvalue weighted by molar-refractivity contribution is -0.134. The Kier molecular flexibility index (Phi) is 13.9. The highest BCUT2D eigenvalue weighted by molar-refractivity contribution is 7.22. The summed E-state index contributed by atoms with van der Waals surface area (Å²) in [5.41, 5.74) is 8.43. The minimum absolute atomic E-state index is 0.0181. The Bertz CT molecular complexity index is 3310. The van der Waals surface area contributed by atoms with Gasteiger partial charge in [-0.1, -0.05) is 60.6 Å². The number of nitrogens with zero attached hydrogens (tertiary/aromatic N) is 7. The number of pyridine rings is 1. The van der Waals surface area contributed by atoms with E-state index in [-0.39, 0.29) is 35.1 Å². The number of hydrogen-bond acceptors (Lipinski definition) is 12. The lowest BCUT2D eigenvalue weighted by Gasteiger charge is -2.48. The van der Waals surface area contributed by atoms with Crippen molar-refractivity contribution in [1.82, 2.24) is 30.0 Å². The average Bonchev–Trinajstić information content (AvgIpc) is 3.97. The molecule has 3 N–H and O–H groups in total. The third-order valence-electron chi connectivity index (χ3n) is 16.2. The first-order valence-corrected chi connectivity index (χ1v) is 27.4. The molecule has 75 heavy (non-hydrogen) atoms. The van der Waals surface area contributed by atoms with Gasteiger partial charge < -0.3 is 19.6 Å². The second-order valence-electron chi connectivity index (χ2n) is 21.6. The van der Waals surface area contributed by atoms with Gasteiger partial charge in [-0.05, 0) is 155 Å². The summed E-state index contributed by atoms with van der Waals surface area (Å²) in [5.74, 6) is -0.208. The molecule has 4 aromatic carbocycles. The van der Waals surface area contributed by atoms with Gasteiger partial charge in [0.2, 0.25) is 11.8 Å². The Hall–Kier alpha value is -7.17. The SMILES string of the molecule is Cc1c(O[C@H]2CC[C@H](CCCCN3CCN(c4ccc5c(C6CCC(=O)NC6=O)nn(C)c5c4)C(C)(C)C3)CC2)cccc1-c1ccc(N2CCc3cccc(C(=O)Nc4nc5ccccc5s4)c3C2)nc1C(=O)O. The number of ether oxygens (including phenoxy) is 1. The van der Waals surface area contributed by atoms with Crippen LogP contribution >= 0.6 is 11.3 Å². The van der Waals surface area contributed by atoms with Crippen molar-refractivity contribution in [2.45, 2.75) is 109 Å². The van der Waals surface area contributed by atoms with E-state index in [0.29, 0.717) is 60.3 Å². The number of carbonyl (C=O) groups excluding carboxylic acids is 3. The number of piperidine rings is 1. The number of nitrogens with one attached hydrogen (secondary N) is 2. The van der Waals surface area contributed by atoms with Crippen LogP contribution in [0.1, 0.15) is 121 Å². The number of benzene rings is 4. The van der Waals surface area contributed by atoms with Crippen molar-refractivity contribution in [3.63, 3.8) is 0 Å². The number of fused-ring (bicyclic) bond motifs is 3. The topological polar surface area (TPSA) is 175 Å². The van der Waals surface area contributed by atoms with Crippen LogP contribution < -0.4 is 25.2 Å². The summed E-state index contributed by atoms with van der Waals surface area (Å²) in [6.45, 7) is 11.7. The Labute approximate surface area is 441 Å². The molecule has 4 aliphatic rings. The molecule has 1 atom stereocenters. The van der Waals surface area contributed by atoms with Crippen molar-refractivity contribution < 1.29 is 29.0 Å². The fourth-order valence-corrected chi connectivity index (χ4v) is 13.0. The van der Waals surface area contributed by atoms with Gasteiger partial charge in [-0.25, -0.2) is 14.8 Å². The minimum Gasteiger partial charge on any atom is -0.490 e. The number of aromatic carboxylic acids is 1. The fraction of sp³-hybridized carbons (Fsp3) is 0.407. The molecule has 15 nitrogen and oxygen atoms in total. The molecule has 0 spiro atoms. The van der Waals surface area contributed by atoms with E-state index in [1.54, 1.807) is 0 Å². The minimum atomic E-state index is -1.10. The molecule has 1 aliphatic carbocycles. The van der Waals surface area contributed by atoms with Crippen LogP contribution in [-0.4, -0.2) is 97.8 Å². The van der Waals surface area contributed by atoms with Crippen LogP contribution in [0, 0.1) is 12.8 Å². The number of amides is 3. The van der Waals surface area contributed by atoms with Crippen molar-refractivity contribution in [3.05, 3.63) is 125 Å². The number of rotatable bonds is 14. The van der Waals surface area contributed by atoms with Crippen molar-refractivity contribution in [2.75, 3.05) is 47.8 Å². The van der Waals surface area contributed by atoms with E-state index < -0.39 is 11.9 Å². The molecule has 3 aromatic heterocycles. The zero-order valence-electron chi connectivity index (χ0n) is 43.2. The summed E-state index contributed by atoms with van der Waals surface area (Å²) in [7, 11) is 1.93. The molecule has 3 fully saturated rings. The van der Waals surface area contributed by atoms with E-state index in [1.165, 1.54) is 30.6 Å². The molecular weight excluding hydrogens is 963 g/mol. The third kappa shape index (κ3) is 10.3. The van der Waals surface area contributed by atoms with Crippen LogP contribution in [-0.2, 0) is 29.6 Å². The largest absolute Gasteiger partial charge is 0.490 e. The maximum atomic E-state index is 13.7. The molecular formula is C59H65N9O6S. The number of carbonyl (C=O) groups is 4. The Morgan fingerprint density at radius 1 is 0.880 bits per heavy atom. The van der Waals surface area contributed by atoms with E-state index in [4.69, 9.17) is 14.8 Å². The van der Waals surface area contributed by atoms with E-state index in [9.17, 15) is 24.3 Å². The van der Waals surface area contributed by atoms with Gasteiger partial charge in [-0.15, -0.1) is 0 Å². The zero-order chi connectivity index (χ0) is 52.0. The number of hydrogen-bond donors (Lipinski definition) is 3.